The van der Waals surface area contributed by atoms with Crippen molar-refractivity contribution in [3.8, 4) is 5.75 Å². The highest BCUT2D eigenvalue weighted by Gasteiger charge is 2.12. The molecule has 0 fully saturated rings. The molecule has 1 amide bonds. The molecule has 4 N–H and O–H groups in total. The van der Waals surface area contributed by atoms with E-state index in [0.29, 0.717) is 6.54 Å². The van der Waals surface area contributed by atoms with Gasteiger partial charge in [0.25, 0.3) is 5.91 Å². The van der Waals surface area contributed by atoms with Crippen molar-refractivity contribution in [2.75, 3.05) is 6.54 Å². The number of nitrogens with one attached hydrogen (secondary N) is 1. The number of carbonyl (C=O) groups is 1. The van der Waals surface area contributed by atoms with E-state index in [0.717, 1.165) is 24.6 Å². The van der Waals surface area contributed by atoms with Gasteiger partial charge in [0.05, 0.1) is 5.56 Å². The minimum Gasteiger partial charge on any atom is -0.507 e. The van der Waals surface area contributed by atoms with Crippen LogP contribution in [0.4, 0.5) is 4.39 Å². The van der Waals surface area contributed by atoms with Crippen LogP contribution >= 0.6 is 0 Å². The highest BCUT2D eigenvalue weighted by Crippen LogP contribution is 2.17. The van der Waals surface area contributed by atoms with Crippen LogP contribution in [0.1, 0.15) is 23.7 Å². The summed E-state index contributed by atoms with van der Waals surface area (Å²) in [7, 11) is 0. The number of halogens is 1. The number of nitrogens with two attached hydrogens (primary N) is 1. The van der Waals surface area contributed by atoms with E-state index in [1.54, 1.807) is 0 Å². The highest BCUT2D eigenvalue weighted by molar-refractivity contribution is 5.96. The van der Waals surface area contributed by atoms with Crippen LogP contribution in [0.5, 0.6) is 5.75 Å². The summed E-state index contributed by atoms with van der Waals surface area (Å²) in [5, 5.41) is 11.9. The third-order valence-electron chi connectivity index (χ3n) is 2.25. The maximum Gasteiger partial charge on any atom is 0.255 e. The molecule has 0 heterocycles. The highest BCUT2D eigenvalue weighted by atomic mass is 19.1. The number of benzene rings is 1. The molecule has 0 spiro atoms. The average molecular weight is 226 g/mol. The summed E-state index contributed by atoms with van der Waals surface area (Å²) in [6, 6.07) is 3.08. The molecule has 0 radical (unpaired) electrons. The third-order valence-corrected chi connectivity index (χ3v) is 2.25. The molecule has 4 nitrogen and oxygen atoms in total. The molecular formula is C11H15FN2O2. The maximum atomic E-state index is 12.9. The van der Waals surface area contributed by atoms with Crippen LogP contribution in [0.25, 0.3) is 0 Å². The fourth-order valence-electron chi connectivity index (χ4n) is 1.15. The van der Waals surface area contributed by atoms with Crippen molar-refractivity contribution in [3.63, 3.8) is 0 Å². The van der Waals surface area contributed by atoms with Crippen molar-refractivity contribution < 1.29 is 14.3 Å². The van der Waals surface area contributed by atoms with Gasteiger partial charge in [0.15, 0.2) is 0 Å². The van der Waals surface area contributed by atoms with E-state index in [1.165, 1.54) is 0 Å². The van der Waals surface area contributed by atoms with Crippen molar-refractivity contribution >= 4 is 5.91 Å². The molecular weight excluding hydrogens is 211 g/mol. The SMILES string of the molecule is CCC(N)CNC(=O)c1cc(F)ccc1O. The van der Waals surface area contributed by atoms with E-state index < -0.39 is 11.7 Å². The number of rotatable bonds is 4. The Hall–Kier alpha value is -1.62. The molecule has 88 valence electrons. The van der Waals surface area contributed by atoms with Gasteiger partial charge in [-0.25, -0.2) is 4.39 Å². The van der Waals surface area contributed by atoms with Gasteiger partial charge in [-0.15, -0.1) is 0 Å². The Kier molecular flexibility index (Phi) is 4.25. The van der Waals surface area contributed by atoms with Crippen molar-refractivity contribution in [2.24, 2.45) is 5.73 Å². The lowest BCUT2D eigenvalue weighted by Gasteiger charge is -2.10. The quantitative estimate of drug-likeness (QED) is 0.717. The molecule has 1 aromatic rings. The largest absolute Gasteiger partial charge is 0.507 e. The van der Waals surface area contributed by atoms with Crippen LogP contribution in [-0.4, -0.2) is 23.6 Å². The summed E-state index contributed by atoms with van der Waals surface area (Å²) >= 11 is 0. The molecule has 1 rings (SSSR count). The van der Waals surface area contributed by atoms with Crippen LogP contribution in [-0.2, 0) is 0 Å². The van der Waals surface area contributed by atoms with E-state index in [4.69, 9.17) is 5.73 Å². The first-order valence-electron chi connectivity index (χ1n) is 5.07. The standard InChI is InChI=1S/C11H15FN2O2/c1-2-8(13)6-14-11(16)9-5-7(12)3-4-10(9)15/h3-5,8,15H,2,6,13H2,1H3,(H,14,16). The van der Waals surface area contributed by atoms with Crippen molar-refractivity contribution in [1.82, 2.24) is 5.32 Å². The molecule has 5 heteroatoms. The summed E-state index contributed by atoms with van der Waals surface area (Å²) < 4.78 is 12.9. The topological polar surface area (TPSA) is 75.3 Å². The number of amides is 1. The lowest BCUT2D eigenvalue weighted by molar-refractivity contribution is 0.0948. The number of hydrogen-bond donors (Lipinski definition) is 3. The van der Waals surface area contributed by atoms with Gasteiger partial charge in [-0.3, -0.25) is 4.79 Å². The molecule has 0 aliphatic heterocycles. The van der Waals surface area contributed by atoms with Crippen molar-refractivity contribution in [1.29, 1.82) is 0 Å². The summed E-state index contributed by atoms with van der Waals surface area (Å²) in [5.74, 6) is -1.34. The van der Waals surface area contributed by atoms with E-state index in [9.17, 15) is 14.3 Å². The number of hydrogen-bond acceptors (Lipinski definition) is 3. The summed E-state index contributed by atoms with van der Waals surface area (Å²) in [4.78, 5) is 11.5. The van der Waals surface area contributed by atoms with Gasteiger partial charge in [-0.1, -0.05) is 6.92 Å². The number of aromatic hydroxyl groups is 1. The lowest BCUT2D eigenvalue weighted by atomic mass is 10.1. The second-order valence-corrected chi connectivity index (χ2v) is 3.54. The minimum atomic E-state index is -0.567. The second kappa shape index (κ2) is 5.46. The first kappa shape index (κ1) is 12.4. The van der Waals surface area contributed by atoms with Gasteiger partial charge < -0.3 is 16.2 Å². The number of phenolic OH excluding ortho intramolecular Hbond substituents is 1. The van der Waals surface area contributed by atoms with E-state index in [2.05, 4.69) is 5.32 Å². The first-order valence-corrected chi connectivity index (χ1v) is 5.07. The third kappa shape index (κ3) is 3.20. The van der Waals surface area contributed by atoms with Crippen LogP contribution < -0.4 is 11.1 Å². The van der Waals surface area contributed by atoms with Gasteiger partial charge in [0.2, 0.25) is 0 Å². The van der Waals surface area contributed by atoms with Crippen LogP contribution in [0.15, 0.2) is 18.2 Å². The predicted octanol–water partition coefficient (Wildman–Crippen LogP) is 0.998. The average Bonchev–Trinajstić information content (AvgIpc) is 2.28. The Bertz CT molecular complexity index is 382. The normalized spacial score (nSPS) is 12.2. The Balaban J connectivity index is 2.69. The minimum absolute atomic E-state index is 0.0803. The predicted molar refractivity (Wildman–Crippen MR) is 58.7 cm³/mol. The summed E-state index contributed by atoms with van der Waals surface area (Å²) in [5.41, 5.74) is 5.54. The molecule has 0 bridgehead atoms. The van der Waals surface area contributed by atoms with Crippen molar-refractivity contribution in [3.05, 3.63) is 29.6 Å². The molecule has 1 aromatic carbocycles. The number of phenols is 1. The maximum absolute atomic E-state index is 12.9. The van der Waals surface area contributed by atoms with E-state index >= 15 is 0 Å². The zero-order valence-corrected chi connectivity index (χ0v) is 9.03. The monoisotopic (exact) mass is 226 g/mol. The van der Waals surface area contributed by atoms with Gasteiger partial charge in [-0.2, -0.15) is 0 Å². The zero-order chi connectivity index (χ0) is 12.1. The van der Waals surface area contributed by atoms with Crippen LogP contribution in [0.2, 0.25) is 0 Å². The number of carbonyl (C=O) groups excluding carboxylic acids is 1. The second-order valence-electron chi connectivity index (χ2n) is 3.54. The van der Waals surface area contributed by atoms with Crippen LogP contribution in [0.3, 0.4) is 0 Å². The van der Waals surface area contributed by atoms with E-state index in [1.807, 2.05) is 6.92 Å². The Morgan fingerprint density at radius 1 is 1.62 bits per heavy atom. The molecule has 1 atom stereocenters. The molecule has 1 unspecified atom stereocenters. The Morgan fingerprint density at radius 2 is 2.31 bits per heavy atom. The molecule has 0 aliphatic carbocycles. The van der Waals surface area contributed by atoms with E-state index in [-0.39, 0.29) is 17.4 Å². The van der Waals surface area contributed by atoms with Gasteiger partial charge in [-0.05, 0) is 24.6 Å². The Morgan fingerprint density at radius 3 is 2.94 bits per heavy atom. The molecule has 0 saturated carbocycles. The van der Waals surface area contributed by atoms with Crippen molar-refractivity contribution in [2.45, 2.75) is 19.4 Å². The summed E-state index contributed by atoms with van der Waals surface area (Å²) in [6.07, 6.45) is 0.732. The molecule has 0 saturated heterocycles. The van der Waals surface area contributed by atoms with Gasteiger partial charge >= 0.3 is 0 Å². The molecule has 0 aliphatic rings. The van der Waals surface area contributed by atoms with Crippen LogP contribution in [0, 0.1) is 5.82 Å². The van der Waals surface area contributed by atoms with Gasteiger partial charge in [0, 0.05) is 12.6 Å². The fraction of sp³-hybridized carbons (Fsp3) is 0.364. The lowest BCUT2D eigenvalue weighted by Crippen LogP contribution is -2.36. The van der Waals surface area contributed by atoms with Gasteiger partial charge in [0.1, 0.15) is 11.6 Å². The molecule has 0 aromatic heterocycles. The molecule has 16 heavy (non-hydrogen) atoms. The zero-order valence-electron chi connectivity index (χ0n) is 9.03. The Labute approximate surface area is 93.3 Å². The summed E-state index contributed by atoms with van der Waals surface area (Å²) in [6.45, 7) is 2.20. The first-order chi connectivity index (χ1) is 7.54. The smallest absolute Gasteiger partial charge is 0.255 e. The fourth-order valence-corrected chi connectivity index (χ4v) is 1.15.